The average molecular weight is 391 g/mol. The third-order valence-corrected chi connectivity index (χ3v) is 3.88. The molecule has 1 fully saturated rings. The minimum Gasteiger partial charge on any atom is -0.393 e. The van der Waals surface area contributed by atoms with Gasteiger partial charge in [0, 0.05) is 5.33 Å². The normalized spacial score (nSPS) is 16.3. The highest BCUT2D eigenvalue weighted by atomic mass is 79.9. The van der Waals surface area contributed by atoms with Crippen LogP contribution in [0.25, 0.3) is 0 Å². The number of rotatable bonds is 12. The molecule has 2 nitrogen and oxygen atoms in total. The second-order valence-electron chi connectivity index (χ2n) is 6.10. The standard InChI is InChI=1S/C10H20O.C7H13Br.C3H6O/c1-3-4-5-6-7-8-9-10(2)11;1-2-3-4-5-6-7-8;1-3-2-4-3/h3,10-11H,1,4-9H2,2H3;2H,1,3-7H2;3H,2H2,1H3/t;;3-/m..1/s1. The monoisotopic (exact) mass is 390 g/mol. The molecule has 3 heteroatoms. The van der Waals surface area contributed by atoms with Crippen LogP contribution < -0.4 is 0 Å². The molecule has 23 heavy (non-hydrogen) atoms. The maximum absolute atomic E-state index is 8.94. The van der Waals surface area contributed by atoms with Gasteiger partial charge in [-0.05, 0) is 52.4 Å². The zero-order chi connectivity index (χ0) is 17.8. The van der Waals surface area contributed by atoms with Crippen LogP contribution in [0.3, 0.4) is 0 Å². The number of epoxide rings is 1. The lowest BCUT2D eigenvalue weighted by atomic mass is 10.1. The summed E-state index contributed by atoms with van der Waals surface area (Å²) < 4.78 is 4.71. The highest BCUT2D eigenvalue weighted by Crippen LogP contribution is 2.07. The molecule has 0 spiro atoms. The summed E-state index contributed by atoms with van der Waals surface area (Å²) in [4.78, 5) is 0. The maximum atomic E-state index is 8.94. The van der Waals surface area contributed by atoms with E-state index in [1.165, 1.54) is 44.9 Å². The van der Waals surface area contributed by atoms with E-state index in [0.29, 0.717) is 6.10 Å². The van der Waals surface area contributed by atoms with Crippen LogP contribution in [0.15, 0.2) is 25.3 Å². The first-order valence-electron chi connectivity index (χ1n) is 9.15. The zero-order valence-corrected chi connectivity index (χ0v) is 17.0. The van der Waals surface area contributed by atoms with Crippen LogP contribution in [-0.4, -0.2) is 29.3 Å². The number of ether oxygens (including phenoxy) is 1. The summed E-state index contributed by atoms with van der Waals surface area (Å²) in [7, 11) is 0. The van der Waals surface area contributed by atoms with Crippen LogP contribution in [0.1, 0.15) is 78.1 Å². The Labute approximate surface area is 153 Å². The zero-order valence-electron chi connectivity index (χ0n) is 15.4. The summed E-state index contributed by atoms with van der Waals surface area (Å²) >= 11 is 3.38. The fourth-order valence-corrected chi connectivity index (χ4v) is 2.13. The van der Waals surface area contributed by atoms with E-state index in [9.17, 15) is 0 Å². The first-order chi connectivity index (χ1) is 11.1. The van der Waals surface area contributed by atoms with E-state index >= 15 is 0 Å². The smallest absolute Gasteiger partial charge is 0.0781 e. The molecule has 1 aliphatic rings. The Morgan fingerprint density at radius 3 is 1.83 bits per heavy atom. The van der Waals surface area contributed by atoms with E-state index in [-0.39, 0.29) is 6.10 Å². The van der Waals surface area contributed by atoms with Gasteiger partial charge in [0.05, 0.1) is 18.8 Å². The molecule has 1 unspecified atom stereocenters. The van der Waals surface area contributed by atoms with Crippen LogP contribution in [0.2, 0.25) is 0 Å². The number of aliphatic hydroxyl groups excluding tert-OH is 1. The minimum absolute atomic E-state index is 0.116. The number of halogens is 1. The molecule has 0 aromatic rings. The Kier molecular flexibility index (Phi) is 23.9. The second-order valence-corrected chi connectivity index (χ2v) is 6.89. The maximum Gasteiger partial charge on any atom is 0.0781 e. The number of alkyl halides is 1. The third kappa shape index (κ3) is 34.3. The largest absolute Gasteiger partial charge is 0.393 e. The molecule has 1 heterocycles. The summed E-state index contributed by atoms with van der Waals surface area (Å²) in [6.45, 7) is 12.2. The fraction of sp³-hybridized carbons (Fsp3) is 0.800. The Hall–Kier alpha value is -0.120. The van der Waals surface area contributed by atoms with Crippen molar-refractivity contribution in [2.45, 2.75) is 90.3 Å². The van der Waals surface area contributed by atoms with E-state index in [1.807, 2.05) is 19.1 Å². The lowest BCUT2D eigenvalue weighted by Crippen LogP contribution is -1.97. The summed E-state index contributed by atoms with van der Waals surface area (Å²) in [6.07, 6.45) is 16.5. The van der Waals surface area contributed by atoms with Crippen molar-refractivity contribution in [3.8, 4) is 0 Å². The van der Waals surface area contributed by atoms with E-state index < -0.39 is 0 Å². The topological polar surface area (TPSA) is 32.8 Å². The van der Waals surface area contributed by atoms with Gasteiger partial charge in [-0.3, -0.25) is 0 Å². The second kappa shape index (κ2) is 21.9. The van der Waals surface area contributed by atoms with Crippen molar-refractivity contribution < 1.29 is 9.84 Å². The molecule has 138 valence electrons. The molecule has 1 aliphatic heterocycles. The van der Waals surface area contributed by atoms with Crippen LogP contribution in [-0.2, 0) is 4.74 Å². The van der Waals surface area contributed by atoms with Gasteiger partial charge in [-0.15, -0.1) is 13.2 Å². The van der Waals surface area contributed by atoms with E-state index in [1.54, 1.807) is 0 Å². The average Bonchev–Trinajstić information content (AvgIpc) is 3.31. The molecule has 0 aliphatic carbocycles. The van der Waals surface area contributed by atoms with Gasteiger partial charge in [0.25, 0.3) is 0 Å². The first kappa shape index (κ1) is 25.1. The Morgan fingerprint density at radius 1 is 1.04 bits per heavy atom. The molecule has 0 saturated carbocycles. The van der Waals surface area contributed by atoms with Crippen molar-refractivity contribution in [3.05, 3.63) is 25.3 Å². The molecule has 0 aromatic carbocycles. The first-order valence-corrected chi connectivity index (χ1v) is 10.3. The van der Waals surface area contributed by atoms with Gasteiger partial charge in [0.2, 0.25) is 0 Å². The number of unbranched alkanes of at least 4 members (excludes halogenated alkanes) is 7. The van der Waals surface area contributed by atoms with Crippen molar-refractivity contribution in [1.29, 1.82) is 0 Å². The molecule has 0 bridgehead atoms. The van der Waals surface area contributed by atoms with E-state index in [4.69, 9.17) is 9.84 Å². The number of hydrogen-bond donors (Lipinski definition) is 1. The van der Waals surface area contributed by atoms with E-state index in [2.05, 4.69) is 36.0 Å². The van der Waals surface area contributed by atoms with Gasteiger partial charge in [0.15, 0.2) is 0 Å². The number of aliphatic hydroxyl groups is 1. The molecular weight excluding hydrogens is 352 g/mol. The number of hydrogen-bond acceptors (Lipinski definition) is 2. The quantitative estimate of drug-likeness (QED) is 0.180. The molecule has 0 aromatic heterocycles. The summed E-state index contributed by atoms with van der Waals surface area (Å²) in [6, 6.07) is 0. The van der Waals surface area contributed by atoms with Gasteiger partial charge in [-0.2, -0.15) is 0 Å². The summed E-state index contributed by atoms with van der Waals surface area (Å²) in [5, 5.41) is 10.1. The number of allylic oxidation sites excluding steroid dienone is 2. The molecule has 1 N–H and O–H groups in total. The third-order valence-electron chi connectivity index (χ3n) is 3.32. The molecular formula is C20H39BrO2. The Balaban J connectivity index is 0. The van der Waals surface area contributed by atoms with Crippen molar-refractivity contribution in [2.24, 2.45) is 0 Å². The van der Waals surface area contributed by atoms with Crippen LogP contribution in [0, 0.1) is 0 Å². The highest BCUT2D eigenvalue weighted by Gasteiger charge is 2.13. The van der Waals surface area contributed by atoms with Crippen molar-refractivity contribution in [3.63, 3.8) is 0 Å². The van der Waals surface area contributed by atoms with Gasteiger partial charge in [-0.1, -0.05) is 53.8 Å². The van der Waals surface area contributed by atoms with Crippen molar-refractivity contribution in [2.75, 3.05) is 11.9 Å². The lowest BCUT2D eigenvalue weighted by molar-refractivity contribution is 0.180. The van der Waals surface area contributed by atoms with Gasteiger partial charge in [0.1, 0.15) is 0 Å². The molecule has 1 saturated heterocycles. The van der Waals surface area contributed by atoms with Crippen LogP contribution in [0.4, 0.5) is 0 Å². The van der Waals surface area contributed by atoms with Gasteiger partial charge < -0.3 is 9.84 Å². The van der Waals surface area contributed by atoms with Crippen molar-refractivity contribution in [1.82, 2.24) is 0 Å². The Bertz CT molecular complexity index is 238. The predicted octanol–water partition coefficient (Wildman–Crippen LogP) is 6.43. The van der Waals surface area contributed by atoms with Gasteiger partial charge >= 0.3 is 0 Å². The van der Waals surface area contributed by atoms with Crippen LogP contribution >= 0.6 is 15.9 Å². The fourth-order valence-electron chi connectivity index (χ4n) is 1.74. The highest BCUT2D eigenvalue weighted by molar-refractivity contribution is 9.09. The summed E-state index contributed by atoms with van der Waals surface area (Å²) in [5.41, 5.74) is 0. The molecule has 0 amide bonds. The lowest BCUT2D eigenvalue weighted by Gasteiger charge is -2.02. The van der Waals surface area contributed by atoms with Crippen LogP contribution in [0.5, 0.6) is 0 Å². The molecule has 1 rings (SSSR count). The SMILES string of the molecule is C=CCCCCCBr.C=CCCCCCCC(C)O.C[C@@H]1CO1. The van der Waals surface area contributed by atoms with Gasteiger partial charge in [-0.25, -0.2) is 0 Å². The minimum atomic E-state index is -0.116. The summed E-state index contributed by atoms with van der Waals surface area (Å²) in [5.74, 6) is 0. The Morgan fingerprint density at radius 2 is 1.48 bits per heavy atom. The van der Waals surface area contributed by atoms with Crippen molar-refractivity contribution >= 4 is 15.9 Å². The predicted molar refractivity (Wildman–Crippen MR) is 107 cm³/mol. The molecule has 0 radical (unpaired) electrons. The molecule has 2 atom stereocenters. The van der Waals surface area contributed by atoms with E-state index in [0.717, 1.165) is 31.2 Å².